The zero-order chi connectivity index (χ0) is 15.2. The molecule has 0 bridgehead atoms. The van der Waals surface area contributed by atoms with Crippen molar-refractivity contribution in [3.05, 3.63) is 35.4 Å². The van der Waals surface area contributed by atoms with Crippen molar-refractivity contribution in [1.82, 2.24) is 25.1 Å². The molecule has 2 aromatic heterocycles. The summed E-state index contributed by atoms with van der Waals surface area (Å²) in [5.41, 5.74) is 3.33. The smallest absolute Gasteiger partial charge is 0.225 e. The van der Waals surface area contributed by atoms with Crippen LogP contribution in [-0.4, -0.2) is 33.3 Å². The third kappa shape index (κ3) is 4.26. The second kappa shape index (κ2) is 7.17. The van der Waals surface area contributed by atoms with Crippen LogP contribution in [0.3, 0.4) is 0 Å². The molecule has 0 radical (unpaired) electrons. The lowest BCUT2D eigenvalue weighted by Crippen LogP contribution is -2.21. The minimum Gasteiger partial charge on any atom is -0.339 e. The lowest BCUT2D eigenvalue weighted by Gasteiger charge is -2.17. The molecular weight excluding hydrogens is 264 g/mol. The van der Waals surface area contributed by atoms with E-state index in [1.807, 2.05) is 44.5 Å². The molecule has 6 heteroatoms. The molecule has 2 rings (SSSR count). The molecule has 0 atom stereocenters. The van der Waals surface area contributed by atoms with E-state index >= 15 is 0 Å². The van der Waals surface area contributed by atoms with Gasteiger partial charge in [-0.25, -0.2) is 9.97 Å². The quantitative estimate of drug-likeness (QED) is 0.785. The van der Waals surface area contributed by atoms with E-state index in [2.05, 4.69) is 27.3 Å². The van der Waals surface area contributed by atoms with Gasteiger partial charge >= 0.3 is 0 Å². The van der Waals surface area contributed by atoms with Gasteiger partial charge in [0.15, 0.2) is 0 Å². The van der Waals surface area contributed by atoms with Gasteiger partial charge in [-0.15, -0.1) is 0 Å². The molecular formula is C15H24N6. The number of aryl methyl sites for hydroxylation is 2. The first kappa shape index (κ1) is 15.4. The summed E-state index contributed by atoms with van der Waals surface area (Å²) in [5, 5.41) is 7.56. The van der Waals surface area contributed by atoms with E-state index in [1.54, 1.807) is 4.68 Å². The predicted molar refractivity (Wildman–Crippen MR) is 84.1 cm³/mol. The Hall–Kier alpha value is -1.95. The molecule has 0 spiro atoms. The Bertz CT molecular complexity index is 577. The molecule has 0 aromatic carbocycles. The second-order valence-corrected chi connectivity index (χ2v) is 5.34. The van der Waals surface area contributed by atoms with Crippen LogP contribution in [0.5, 0.6) is 0 Å². The van der Waals surface area contributed by atoms with E-state index in [1.165, 1.54) is 0 Å². The van der Waals surface area contributed by atoms with Crippen molar-refractivity contribution >= 4 is 5.95 Å². The van der Waals surface area contributed by atoms with Gasteiger partial charge in [0, 0.05) is 56.4 Å². The highest BCUT2D eigenvalue weighted by molar-refractivity contribution is 5.33. The molecule has 114 valence electrons. The highest BCUT2D eigenvalue weighted by atomic mass is 15.3. The lowest BCUT2D eigenvalue weighted by molar-refractivity contribution is 0.667. The highest BCUT2D eigenvalue weighted by Crippen LogP contribution is 2.12. The molecule has 2 heterocycles. The number of nitrogens with zero attached hydrogens (tertiary/aromatic N) is 5. The summed E-state index contributed by atoms with van der Waals surface area (Å²) in [7, 11) is 3.92. The first-order valence-corrected chi connectivity index (χ1v) is 7.32. The average molecular weight is 288 g/mol. The SMILES string of the molecule is CCCNCc1cnc(N(C)Cc2cnn(C)c2)nc1C. The van der Waals surface area contributed by atoms with E-state index in [0.29, 0.717) is 0 Å². The molecule has 0 saturated carbocycles. The van der Waals surface area contributed by atoms with Gasteiger partial charge in [-0.1, -0.05) is 6.92 Å². The van der Waals surface area contributed by atoms with Crippen molar-refractivity contribution in [2.75, 3.05) is 18.5 Å². The largest absolute Gasteiger partial charge is 0.339 e. The summed E-state index contributed by atoms with van der Waals surface area (Å²) < 4.78 is 1.80. The third-order valence-corrected chi connectivity index (χ3v) is 3.33. The van der Waals surface area contributed by atoms with Crippen LogP contribution in [0.15, 0.2) is 18.6 Å². The van der Waals surface area contributed by atoms with E-state index in [4.69, 9.17) is 0 Å². The molecule has 0 saturated heterocycles. The van der Waals surface area contributed by atoms with Crippen LogP contribution in [0.25, 0.3) is 0 Å². The summed E-state index contributed by atoms with van der Waals surface area (Å²) in [6, 6.07) is 0. The maximum Gasteiger partial charge on any atom is 0.225 e. The summed E-state index contributed by atoms with van der Waals surface area (Å²) in [4.78, 5) is 11.1. The lowest BCUT2D eigenvalue weighted by atomic mass is 10.2. The predicted octanol–water partition coefficient (Wildman–Crippen LogP) is 1.65. The van der Waals surface area contributed by atoms with Crippen LogP contribution in [0.1, 0.15) is 30.2 Å². The molecule has 0 fully saturated rings. The fourth-order valence-corrected chi connectivity index (χ4v) is 2.14. The topological polar surface area (TPSA) is 58.9 Å². The van der Waals surface area contributed by atoms with Gasteiger partial charge in [0.2, 0.25) is 5.95 Å². The molecule has 2 aromatic rings. The van der Waals surface area contributed by atoms with Crippen LogP contribution in [0.2, 0.25) is 0 Å². The van der Waals surface area contributed by atoms with Crippen LogP contribution in [0, 0.1) is 6.92 Å². The van der Waals surface area contributed by atoms with Crippen LogP contribution < -0.4 is 10.2 Å². The van der Waals surface area contributed by atoms with Gasteiger partial charge in [0.05, 0.1) is 6.20 Å². The van der Waals surface area contributed by atoms with Crippen molar-refractivity contribution in [1.29, 1.82) is 0 Å². The number of rotatable bonds is 7. The van der Waals surface area contributed by atoms with Crippen molar-refractivity contribution in [2.24, 2.45) is 7.05 Å². The molecule has 0 amide bonds. The number of aromatic nitrogens is 4. The molecule has 21 heavy (non-hydrogen) atoms. The Morgan fingerprint density at radius 2 is 2.14 bits per heavy atom. The highest BCUT2D eigenvalue weighted by Gasteiger charge is 2.09. The molecule has 0 aliphatic carbocycles. The molecule has 0 aliphatic rings. The third-order valence-electron chi connectivity index (χ3n) is 3.33. The van der Waals surface area contributed by atoms with Gasteiger partial charge in [0.1, 0.15) is 0 Å². The van der Waals surface area contributed by atoms with E-state index in [0.717, 1.165) is 48.8 Å². The maximum absolute atomic E-state index is 4.60. The zero-order valence-corrected chi connectivity index (χ0v) is 13.3. The Kier molecular flexibility index (Phi) is 5.27. The minimum atomic E-state index is 0.746. The number of hydrogen-bond donors (Lipinski definition) is 1. The van der Waals surface area contributed by atoms with Gasteiger partial charge in [-0.3, -0.25) is 4.68 Å². The standard InChI is InChI=1S/C15H24N6/c1-5-6-16-8-14-9-17-15(19-12(14)2)20(3)10-13-7-18-21(4)11-13/h7,9,11,16H,5-6,8,10H2,1-4H3. The van der Waals surface area contributed by atoms with Gasteiger partial charge in [-0.05, 0) is 19.9 Å². The van der Waals surface area contributed by atoms with Crippen LogP contribution >= 0.6 is 0 Å². The van der Waals surface area contributed by atoms with Gasteiger partial charge in [0.25, 0.3) is 0 Å². The first-order valence-electron chi connectivity index (χ1n) is 7.32. The summed E-state index contributed by atoms with van der Waals surface area (Å²) in [6.07, 6.45) is 6.92. The zero-order valence-electron chi connectivity index (χ0n) is 13.3. The minimum absolute atomic E-state index is 0.746. The monoisotopic (exact) mass is 288 g/mol. The Labute approximate surface area is 126 Å². The van der Waals surface area contributed by atoms with Crippen molar-refractivity contribution in [3.8, 4) is 0 Å². The number of nitrogens with one attached hydrogen (secondary N) is 1. The van der Waals surface area contributed by atoms with Crippen molar-refractivity contribution < 1.29 is 0 Å². The number of hydrogen-bond acceptors (Lipinski definition) is 5. The Morgan fingerprint density at radius 3 is 2.76 bits per heavy atom. The fraction of sp³-hybridized carbons (Fsp3) is 0.533. The Balaban J connectivity index is 2.01. The van der Waals surface area contributed by atoms with Crippen molar-refractivity contribution in [3.63, 3.8) is 0 Å². The van der Waals surface area contributed by atoms with Crippen LogP contribution in [-0.2, 0) is 20.1 Å². The first-order chi connectivity index (χ1) is 10.1. The molecule has 1 N–H and O–H groups in total. The summed E-state index contributed by atoms with van der Waals surface area (Å²) >= 11 is 0. The van der Waals surface area contributed by atoms with E-state index in [-0.39, 0.29) is 0 Å². The van der Waals surface area contributed by atoms with Crippen LogP contribution in [0.4, 0.5) is 5.95 Å². The molecule has 0 aliphatic heterocycles. The average Bonchev–Trinajstić information content (AvgIpc) is 2.86. The van der Waals surface area contributed by atoms with E-state index < -0.39 is 0 Å². The number of anilines is 1. The van der Waals surface area contributed by atoms with Gasteiger partial charge < -0.3 is 10.2 Å². The molecule has 0 unspecified atom stereocenters. The second-order valence-electron chi connectivity index (χ2n) is 5.34. The summed E-state index contributed by atoms with van der Waals surface area (Å²) in [5.74, 6) is 0.746. The Morgan fingerprint density at radius 1 is 1.33 bits per heavy atom. The van der Waals surface area contributed by atoms with E-state index in [9.17, 15) is 0 Å². The van der Waals surface area contributed by atoms with Crippen molar-refractivity contribution in [2.45, 2.75) is 33.4 Å². The van der Waals surface area contributed by atoms with Gasteiger partial charge in [-0.2, -0.15) is 5.10 Å². The maximum atomic E-state index is 4.60. The molecule has 6 nitrogen and oxygen atoms in total. The normalized spacial score (nSPS) is 10.9. The fourth-order valence-electron chi connectivity index (χ4n) is 2.14. The summed E-state index contributed by atoms with van der Waals surface area (Å²) in [6.45, 7) is 6.79.